The van der Waals surface area contributed by atoms with Gasteiger partial charge in [0.2, 0.25) is 0 Å². The van der Waals surface area contributed by atoms with Crippen molar-refractivity contribution in [2.45, 2.75) is 38.6 Å². The maximum absolute atomic E-state index is 4.18. The Morgan fingerprint density at radius 1 is 1.11 bits per heavy atom. The average molecular weight is 240 g/mol. The number of benzene rings is 1. The molecule has 1 N–H and O–H groups in total. The SMILES string of the molecule is C[C@H]1CC[C@@H](Nc2cccc3cnccc23)CC1. The van der Waals surface area contributed by atoms with Gasteiger partial charge in [0.1, 0.15) is 0 Å². The predicted molar refractivity (Wildman–Crippen MR) is 76.8 cm³/mol. The molecule has 0 aliphatic heterocycles. The topological polar surface area (TPSA) is 24.9 Å². The van der Waals surface area contributed by atoms with Gasteiger partial charge in [-0.05, 0) is 43.7 Å². The molecule has 1 aliphatic rings. The summed E-state index contributed by atoms with van der Waals surface area (Å²) in [5, 5.41) is 6.21. The average Bonchev–Trinajstić information content (AvgIpc) is 2.42. The van der Waals surface area contributed by atoms with Crippen LogP contribution in [0.25, 0.3) is 10.8 Å². The molecule has 2 heteroatoms. The minimum Gasteiger partial charge on any atom is -0.382 e. The van der Waals surface area contributed by atoms with Crippen LogP contribution in [-0.4, -0.2) is 11.0 Å². The number of anilines is 1. The van der Waals surface area contributed by atoms with E-state index in [1.807, 2.05) is 12.4 Å². The van der Waals surface area contributed by atoms with Gasteiger partial charge in [-0.3, -0.25) is 4.98 Å². The molecular weight excluding hydrogens is 220 g/mol. The lowest BCUT2D eigenvalue weighted by atomic mass is 9.87. The Morgan fingerprint density at radius 3 is 2.78 bits per heavy atom. The van der Waals surface area contributed by atoms with Crippen molar-refractivity contribution in [2.24, 2.45) is 5.92 Å². The Morgan fingerprint density at radius 2 is 1.94 bits per heavy atom. The van der Waals surface area contributed by atoms with Gasteiger partial charge in [-0.2, -0.15) is 0 Å². The Kier molecular flexibility index (Phi) is 3.18. The second-order valence-corrected chi connectivity index (χ2v) is 5.50. The van der Waals surface area contributed by atoms with Crippen LogP contribution < -0.4 is 5.32 Å². The van der Waals surface area contributed by atoms with E-state index in [4.69, 9.17) is 0 Å². The summed E-state index contributed by atoms with van der Waals surface area (Å²) in [6.07, 6.45) is 9.10. The van der Waals surface area contributed by atoms with Crippen LogP contribution in [0.5, 0.6) is 0 Å². The van der Waals surface area contributed by atoms with Crippen LogP contribution in [0.15, 0.2) is 36.7 Å². The fraction of sp³-hybridized carbons (Fsp3) is 0.438. The van der Waals surface area contributed by atoms with Gasteiger partial charge in [-0.25, -0.2) is 0 Å². The normalized spacial score (nSPS) is 24.1. The van der Waals surface area contributed by atoms with E-state index in [1.54, 1.807) is 0 Å². The van der Waals surface area contributed by atoms with E-state index in [0.29, 0.717) is 6.04 Å². The molecule has 0 radical (unpaired) electrons. The van der Waals surface area contributed by atoms with E-state index < -0.39 is 0 Å². The largest absolute Gasteiger partial charge is 0.382 e. The first kappa shape index (κ1) is 11.5. The maximum atomic E-state index is 4.18. The highest BCUT2D eigenvalue weighted by atomic mass is 14.9. The first-order valence-electron chi connectivity index (χ1n) is 6.92. The van der Waals surface area contributed by atoms with Crippen LogP contribution in [-0.2, 0) is 0 Å². The van der Waals surface area contributed by atoms with Gasteiger partial charge in [0.15, 0.2) is 0 Å². The van der Waals surface area contributed by atoms with Crippen molar-refractivity contribution in [2.75, 3.05) is 5.32 Å². The van der Waals surface area contributed by atoms with Crippen molar-refractivity contribution in [3.63, 3.8) is 0 Å². The summed E-state index contributed by atoms with van der Waals surface area (Å²) in [5.74, 6) is 0.903. The van der Waals surface area contributed by atoms with Crippen LogP contribution in [0.1, 0.15) is 32.6 Å². The molecule has 1 aromatic carbocycles. The number of aromatic nitrogens is 1. The van der Waals surface area contributed by atoms with E-state index >= 15 is 0 Å². The third-order valence-electron chi connectivity index (χ3n) is 4.06. The van der Waals surface area contributed by atoms with Gasteiger partial charge in [-0.1, -0.05) is 19.1 Å². The highest BCUT2D eigenvalue weighted by Crippen LogP contribution is 2.29. The van der Waals surface area contributed by atoms with Crippen molar-refractivity contribution >= 4 is 16.5 Å². The highest BCUT2D eigenvalue weighted by molar-refractivity contribution is 5.93. The number of rotatable bonds is 2. The molecule has 1 fully saturated rings. The first-order chi connectivity index (χ1) is 8.83. The molecular formula is C16H20N2. The van der Waals surface area contributed by atoms with E-state index in [9.17, 15) is 0 Å². The summed E-state index contributed by atoms with van der Waals surface area (Å²) in [7, 11) is 0. The quantitative estimate of drug-likeness (QED) is 0.850. The van der Waals surface area contributed by atoms with Crippen LogP contribution in [0, 0.1) is 5.92 Å². The third kappa shape index (κ3) is 2.33. The zero-order valence-corrected chi connectivity index (χ0v) is 10.9. The molecule has 0 unspecified atom stereocenters. The molecule has 1 heterocycles. The predicted octanol–water partition coefficient (Wildman–Crippen LogP) is 4.23. The molecule has 3 rings (SSSR count). The highest BCUT2D eigenvalue weighted by Gasteiger charge is 2.18. The fourth-order valence-electron chi connectivity index (χ4n) is 2.87. The lowest BCUT2D eigenvalue weighted by Crippen LogP contribution is -2.25. The summed E-state index contributed by atoms with van der Waals surface area (Å²) < 4.78 is 0. The van der Waals surface area contributed by atoms with Crippen molar-refractivity contribution < 1.29 is 0 Å². The summed E-state index contributed by atoms with van der Waals surface area (Å²) in [5.41, 5.74) is 1.26. The Labute approximate surface area is 108 Å². The molecule has 1 aromatic heterocycles. The first-order valence-corrected chi connectivity index (χ1v) is 6.92. The van der Waals surface area contributed by atoms with Gasteiger partial charge in [-0.15, -0.1) is 0 Å². The summed E-state index contributed by atoms with van der Waals surface area (Å²) in [6.45, 7) is 2.36. The number of pyridine rings is 1. The van der Waals surface area contributed by atoms with Crippen LogP contribution in [0.2, 0.25) is 0 Å². The molecule has 0 saturated heterocycles. The fourth-order valence-corrected chi connectivity index (χ4v) is 2.87. The van der Waals surface area contributed by atoms with Crippen molar-refractivity contribution in [3.05, 3.63) is 36.7 Å². The molecule has 2 aromatic rings. The standard InChI is InChI=1S/C16H20N2/c1-12-5-7-14(8-6-12)18-16-4-2-3-13-11-17-10-9-15(13)16/h2-4,9-12,14,18H,5-8H2,1H3/t12-,14+. The Balaban J connectivity index is 1.82. The smallest absolute Gasteiger partial charge is 0.0423 e. The molecule has 2 nitrogen and oxygen atoms in total. The Bertz CT molecular complexity index is 522. The van der Waals surface area contributed by atoms with Gasteiger partial charge in [0, 0.05) is 34.9 Å². The second kappa shape index (κ2) is 4.97. The van der Waals surface area contributed by atoms with E-state index in [2.05, 4.69) is 41.5 Å². The number of nitrogens with zero attached hydrogens (tertiary/aromatic N) is 1. The summed E-state index contributed by atoms with van der Waals surface area (Å²) in [6, 6.07) is 9.15. The minimum absolute atomic E-state index is 0.639. The second-order valence-electron chi connectivity index (χ2n) is 5.50. The molecule has 1 aliphatic carbocycles. The summed E-state index contributed by atoms with van der Waals surface area (Å²) in [4.78, 5) is 4.18. The van der Waals surface area contributed by atoms with Crippen LogP contribution in [0.3, 0.4) is 0 Å². The van der Waals surface area contributed by atoms with E-state index in [0.717, 1.165) is 5.92 Å². The molecule has 0 bridgehead atoms. The molecule has 0 atom stereocenters. The molecule has 0 spiro atoms. The number of hydrogen-bond acceptors (Lipinski definition) is 2. The number of nitrogens with one attached hydrogen (secondary N) is 1. The van der Waals surface area contributed by atoms with Gasteiger partial charge in [0.05, 0.1) is 0 Å². The molecule has 18 heavy (non-hydrogen) atoms. The maximum Gasteiger partial charge on any atom is 0.0423 e. The molecule has 94 valence electrons. The molecule has 1 saturated carbocycles. The van der Waals surface area contributed by atoms with E-state index in [1.165, 1.54) is 42.1 Å². The number of hydrogen-bond donors (Lipinski definition) is 1. The van der Waals surface area contributed by atoms with Crippen LogP contribution >= 0.6 is 0 Å². The van der Waals surface area contributed by atoms with Crippen molar-refractivity contribution in [3.8, 4) is 0 Å². The third-order valence-corrected chi connectivity index (χ3v) is 4.06. The molecule has 0 amide bonds. The lowest BCUT2D eigenvalue weighted by Gasteiger charge is -2.28. The van der Waals surface area contributed by atoms with E-state index in [-0.39, 0.29) is 0 Å². The Hall–Kier alpha value is -1.57. The minimum atomic E-state index is 0.639. The monoisotopic (exact) mass is 240 g/mol. The van der Waals surface area contributed by atoms with Crippen molar-refractivity contribution in [1.82, 2.24) is 4.98 Å². The zero-order chi connectivity index (χ0) is 12.4. The van der Waals surface area contributed by atoms with Gasteiger partial charge >= 0.3 is 0 Å². The van der Waals surface area contributed by atoms with Gasteiger partial charge < -0.3 is 5.32 Å². The van der Waals surface area contributed by atoms with Gasteiger partial charge in [0.25, 0.3) is 0 Å². The lowest BCUT2D eigenvalue weighted by molar-refractivity contribution is 0.361. The van der Waals surface area contributed by atoms with Crippen molar-refractivity contribution in [1.29, 1.82) is 0 Å². The number of fused-ring (bicyclic) bond motifs is 1. The van der Waals surface area contributed by atoms with Crippen LogP contribution in [0.4, 0.5) is 5.69 Å². The zero-order valence-electron chi connectivity index (χ0n) is 10.9. The summed E-state index contributed by atoms with van der Waals surface area (Å²) >= 11 is 0.